The lowest BCUT2D eigenvalue weighted by atomic mass is 10.2. The van der Waals surface area contributed by atoms with Gasteiger partial charge in [-0.3, -0.25) is 4.79 Å². The second-order valence-corrected chi connectivity index (χ2v) is 5.07. The lowest BCUT2D eigenvalue weighted by molar-refractivity contribution is 0.0701. The minimum atomic E-state index is -1.05. The summed E-state index contributed by atoms with van der Waals surface area (Å²) in [6.45, 7) is 1.65. The SMILES string of the molecule is Cc1nc(CNC(=O)c2ccccc2F)sc1C(=O)O. The van der Waals surface area contributed by atoms with Crippen LogP contribution in [0.1, 0.15) is 30.7 Å². The Kier molecular flexibility index (Phi) is 4.09. The van der Waals surface area contributed by atoms with Gasteiger partial charge in [0.15, 0.2) is 0 Å². The van der Waals surface area contributed by atoms with Gasteiger partial charge in [0.2, 0.25) is 0 Å². The van der Waals surface area contributed by atoms with Crippen LogP contribution in [0.5, 0.6) is 0 Å². The predicted molar refractivity (Wildman–Crippen MR) is 71.4 cm³/mol. The number of carbonyl (C=O) groups is 2. The molecule has 0 saturated carbocycles. The van der Waals surface area contributed by atoms with Gasteiger partial charge in [-0.1, -0.05) is 12.1 Å². The van der Waals surface area contributed by atoms with Gasteiger partial charge >= 0.3 is 5.97 Å². The number of hydrogen-bond donors (Lipinski definition) is 2. The van der Waals surface area contributed by atoms with Crippen LogP contribution in [0.15, 0.2) is 24.3 Å². The number of nitrogens with zero attached hydrogens (tertiary/aromatic N) is 1. The first kappa shape index (κ1) is 14.1. The molecular formula is C13H11FN2O3S. The van der Waals surface area contributed by atoms with Gasteiger partial charge in [0.25, 0.3) is 5.91 Å². The number of rotatable bonds is 4. The van der Waals surface area contributed by atoms with E-state index >= 15 is 0 Å². The molecular weight excluding hydrogens is 283 g/mol. The van der Waals surface area contributed by atoms with Gasteiger partial charge < -0.3 is 10.4 Å². The number of benzene rings is 1. The van der Waals surface area contributed by atoms with Crippen molar-refractivity contribution in [3.63, 3.8) is 0 Å². The molecule has 0 radical (unpaired) electrons. The van der Waals surface area contributed by atoms with E-state index in [1.165, 1.54) is 18.2 Å². The van der Waals surface area contributed by atoms with E-state index in [9.17, 15) is 14.0 Å². The van der Waals surface area contributed by atoms with Crippen LogP contribution in [0.2, 0.25) is 0 Å². The lowest BCUT2D eigenvalue weighted by Crippen LogP contribution is -2.23. The van der Waals surface area contributed by atoms with Crippen LogP contribution >= 0.6 is 11.3 Å². The minimum Gasteiger partial charge on any atom is -0.477 e. The molecule has 20 heavy (non-hydrogen) atoms. The second kappa shape index (κ2) is 5.79. The van der Waals surface area contributed by atoms with Crippen LogP contribution in [0, 0.1) is 12.7 Å². The summed E-state index contributed by atoms with van der Waals surface area (Å²) in [6, 6.07) is 5.63. The summed E-state index contributed by atoms with van der Waals surface area (Å²) >= 11 is 0.990. The molecule has 7 heteroatoms. The average Bonchev–Trinajstić information content (AvgIpc) is 2.78. The maximum absolute atomic E-state index is 13.4. The first-order valence-corrected chi connectivity index (χ1v) is 6.53. The Balaban J connectivity index is 2.06. The first-order valence-electron chi connectivity index (χ1n) is 5.71. The van der Waals surface area contributed by atoms with E-state index in [1.54, 1.807) is 13.0 Å². The Hall–Kier alpha value is -2.28. The van der Waals surface area contributed by atoms with Gasteiger partial charge in [-0.15, -0.1) is 11.3 Å². The number of aryl methyl sites for hydroxylation is 1. The molecule has 0 atom stereocenters. The summed E-state index contributed by atoms with van der Waals surface area (Å²) in [5.74, 6) is -2.22. The van der Waals surface area contributed by atoms with Crippen LogP contribution in [0.3, 0.4) is 0 Å². The highest BCUT2D eigenvalue weighted by atomic mass is 32.1. The Morgan fingerprint density at radius 2 is 2.10 bits per heavy atom. The van der Waals surface area contributed by atoms with Gasteiger partial charge in [-0.05, 0) is 19.1 Å². The molecule has 104 valence electrons. The summed E-state index contributed by atoms with van der Waals surface area (Å²) in [5.41, 5.74) is 0.344. The third kappa shape index (κ3) is 3.00. The highest BCUT2D eigenvalue weighted by molar-refractivity contribution is 7.13. The summed E-state index contributed by atoms with van der Waals surface area (Å²) in [5, 5.41) is 11.9. The summed E-state index contributed by atoms with van der Waals surface area (Å²) in [4.78, 5) is 26.8. The quantitative estimate of drug-likeness (QED) is 0.906. The first-order chi connectivity index (χ1) is 9.49. The van der Waals surface area contributed by atoms with E-state index in [1.807, 2.05) is 0 Å². The molecule has 1 aromatic carbocycles. The Labute approximate surface area is 118 Å². The largest absolute Gasteiger partial charge is 0.477 e. The monoisotopic (exact) mass is 294 g/mol. The molecule has 1 amide bonds. The number of nitrogens with one attached hydrogen (secondary N) is 1. The van der Waals surface area contributed by atoms with Crippen molar-refractivity contribution in [2.75, 3.05) is 0 Å². The zero-order chi connectivity index (χ0) is 14.7. The summed E-state index contributed by atoms with van der Waals surface area (Å²) in [7, 11) is 0. The van der Waals surface area contributed by atoms with E-state index in [4.69, 9.17) is 5.11 Å². The standard InChI is InChI=1S/C13H11FN2O3S/c1-7-11(13(18)19)20-10(16-7)6-15-12(17)8-4-2-3-5-9(8)14/h2-5H,6H2,1H3,(H,15,17)(H,18,19). The molecule has 2 aromatic rings. The Bertz CT molecular complexity index is 669. The summed E-state index contributed by atoms with van der Waals surface area (Å²) in [6.07, 6.45) is 0. The highest BCUT2D eigenvalue weighted by Gasteiger charge is 2.15. The molecule has 0 unspecified atom stereocenters. The van der Waals surface area contributed by atoms with Crippen molar-refractivity contribution >= 4 is 23.2 Å². The minimum absolute atomic E-state index is 0.0563. The number of carboxylic acids is 1. The maximum Gasteiger partial charge on any atom is 0.347 e. The molecule has 0 aliphatic heterocycles. The van der Waals surface area contributed by atoms with Crippen LogP contribution in [0.25, 0.3) is 0 Å². The topological polar surface area (TPSA) is 79.3 Å². The molecule has 2 N–H and O–H groups in total. The van der Waals surface area contributed by atoms with Crippen LogP contribution < -0.4 is 5.32 Å². The average molecular weight is 294 g/mol. The number of aromatic carboxylic acids is 1. The van der Waals surface area contributed by atoms with Gasteiger partial charge in [-0.2, -0.15) is 0 Å². The maximum atomic E-state index is 13.4. The smallest absolute Gasteiger partial charge is 0.347 e. The highest BCUT2D eigenvalue weighted by Crippen LogP contribution is 2.18. The normalized spacial score (nSPS) is 10.3. The van der Waals surface area contributed by atoms with E-state index in [0.29, 0.717) is 10.7 Å². The molecule has 0 aliphatic carbocycles. The van der Waals surface area contributed by atoms with E-state index in [0.717, 1.165) is 11.3 Å². The van der Waals surface area contributed by atoms with Crippen molar-refractivity contribution in [3.8, 4) is 0 Å². The lowest BCUT2D eigenvalue weighted by Gasteiger charge is -2.03. The predicted octanol–water partition coefficient (Wildman–Crippen LogP) is 2.22. The third-order valence-corrected chi connectivity index (χ3v) is 3.70. The van der Waals surface area contributed by atoms with Crippen LogP contribution in [-0.2, 0) is 6.54 Å². The molecule has 1 aromatic heterocycles. The molecule has 5 nitrogen and oxygen atoms in total. The van der Waals surface area contributed by atoms with E-state index in [-0.39, 0.29) is 17.0 Å². The fraction of sp³-hybridized carbons (Fsp3) is 0.154. The fourth-order valence-corrected chi connectivity index (χ4v) is 2.47. The van der Waals surface area contributed by atoms with Crippen molar-refractivity contribution < 1.29 is 19.1 Å². The van der Waals surface area contributed by atoms with Crippen molar-refractivity contribution in [1.82, 2.24) is 10.3 Å². The number of thiazole rings is 1. The molecule has 1 heterocycles. The number of aromatic nitrogens is 1. The summed E-state index contributed by atoms with van der Waals surface area (Å²) < 4.78 is 13.4. The number of amides is 1. The Morgan fingerprint density at radius 1 is 1.40 bits per heavy atom. The molecule has 0 saturated heterocycles. The van der Waals surface area contributed by atoms with Gasteiger partial charge in [0.1, 0.15) is 15.7 Å². The zero-order valence-corrected chi connectivity index (χ0v) is 11.3. The van der Waals surface area contributed by atoms with Crippen LogP contribution in [0.4, 0.5) is 4.39 Å². The molecule has 0 fully saturated rings. The number of carboxylic acid groups (broad SMARTS) is 1. The van der Waals surface area contributed by atoms with Crippen molar-refractivity contribution in [3.05, 3.63) is 51.2 Å². The number of hydrogen-bond acceptors (Lipinski definition) is 4. The number of halogens is 1. The molecule has 0 aliphatic rings. The Morgan fingerprint density at radius 3 is 2.70 bits per heavy atom. The molecule has 2 rings (SSSR count). The third-order valence-electron chi connectivity index (χ3n) is 2.55. The van der Waals surface area contributed by atoms with Crippen molar-refractivity contribution in [2.24, 2.45) is 0 Å². The van der Waals surface area contributed by atoms with E-state index in [2.05, 4.69) is 10.3 Å². The zero-order valence-electron chi connectivity index (χ0n) is 10.5. The van der Waals surface area contributed by atoms with Gasteiger partial charge in [0.05, 0.1) is 17.8 Å². The van der Waals surface area contributed by atoms with E-state index < -0.39 is 17.7 Å². The van der Waals surface area contributed by atoms with Crippen molar-refractivity contribution in [1.29, 1.82) is 0 Å². The molecule has 0 bridgehead atoms. The van der Waals surface area contributed by atoms with Crippen LogP contribution in [-0.4, -0.2) is 22.0 Å². The van der Waals surface area contributed by atoms with Gasteiger partial charge in [-0.25, -0.2) is 14.2 Å². The number of carbonyl (C=O) groups excluding carboxylic acids is 1. The van der Waals surface area contributed by atoms with Crippen molar-refractivity contribution in [2.45, 2.75) is 13.5 Å². The fourth-order valence-electron chi connectivity index (χ4n) is 1.62. The molecule has 0 spiro atoms. The second-order valence-electron chi connectivity index (χ2n) is 3.99. The van der Waals surface area contributed by atoms with Gasteiger partial charge in [0, 0.05) is 0 Å².